The standard InChI is InChI=1S/C16H24ClNO2/c1-11(2)15(8-9-19)18-16(20)7-6-13-5-4-12(3)14(17)10-13/h4-5,10-11,15,19H,6-9H2,1-3H3,(H,18,20). The first-order valence-electron chi connectivity index (χ1n) is 7.09. The van der Waals surface area contributed by atoms with Gasteiger partial charge >= 0.3 is 0 Å². The molecule has 1 amide bonds. The number of carbonyl (C=O) groups is 1. The van der Waals surface area contributed by atoms with Crippen molar-refractivity contribution in [1.82, 2.24) is 5.32 Å². The molecule has 0 saturated carbocycles. The second-order valence-corrected chi connectivity index (χ2v) is 5.92. The van der Waals surface area contributed by atoms with Crippen LogP contribution in [0, 0.1) is 12.8 Å². The molecule has 0 aromatic heterocycles. The zero-order valence-electron chi connectivity index (χ0n) is 12.4. The second kappa shape index (κ2) is 8.28. The summed E-state index contributed by atoms with van der Waals surface area (Å²) in [6, 6.07) is 5.92. The fourth-order valence-corrected chi connectivity index (χ4v) is 2.24. The van der Waals surface area contributed by atoms with Crippen LogP contribution in [0.25, 0.3) is 0 Å². The summed E-state index contributed by atoms with van der Waals surface area (Å²) in [5, 5.41) is 12.7. The van der Waals surface area contributed by atoms with Gasteiger partial charge in [-0.15, -0.1) is 0 Å². The van der Waals surface area contributed by atoms with E-state index >= 15 is 0 Å². The number of hydrogen-bond acceptors (Lipinski definition) is 2. The van der Waals surface area contributed by atoms with Gasteiger partial charge in [-0.3, -0.25) is 4.79 Å². The smallest absolute Gasteiger partial charge is 0.220 e. The predicted octanol–water partition coefficient (Wildman–Crippen LogP) is 3.10. The molecule has 1 aromatic carbocycles. The molecular weight excluding hydrogens is 274 g/mol. The third-order valence-electron chi connectivity index (χ3n) is 3.47. The number of hydrogen-bond donors (Lipinski definition) is 2. The Balaban J connectivity index is 2.48. The molecule has 0 spiro atoms. The summed E-state index contributed by atoms with van der Waals surface area (Å²) in [4.78, 5) is 11.9. The van der Waals surface area contributed by atoms with Crippen molar-refractivity contribution >= 4 is 17.5 Å². The van der Waals surface area contributed by atoms with Gasteiger partial charge in [-0.05, 0) is 42.9 Å². The van der Waals surface area contributed by atoms with Crippen LogP contribution in [-0.4, -0.2) is 23.7 Å². The predicted molar refractivity (Wildman–Crippen MR) is 83.0 cm³/mol. The molecule has 0 saturated heterocycles. The number of aryl methyl sites for hydroxylation is 2. The summed E-state index contributed by atoms with van der Waals surface area (Å²) < 4.78 is 0. The summed E-state index contributed by atoms with van der Waals surface area (Å²) >= 11 is 6.07. The molecule has 0 aliphatic heterocycles. The maximum Gasteiger partial charge on any atom is 0.220 e. The molecule has 112 valence electrons. The van der Waals surface area contributed by atoms with Crippen LogP contribution in [0.3, 0.4) is 0 Å². The lowest BCUT2D eigenvalue weighted by molar-refractivity contribution is -0.122. The van der Waals surface area contributed by atoms with Crippen LogP contribution in [0.4, 0.5) is 0 Å². The molecule has 1 unspecified atom stereocenters. The molecule has 0 radical (unpaired) electrons. The minimum absolute atomic E-state index is 0.0221. The SMILES string of the molecule is Cc1ccc(CCC(=O)NC(CCO)C(C)C)cc1Cl. The van der Waals surface area contributed by atoms with E-state index in [1.165, 1.54) is 0 Å². The molecule has 0 aliphatic rings. The van der Waals surface area contributed by atoms with Gasteiger partial charge in [0.1, 0.15) is 0 Å². The van der Waals surface area contributed by atoms with Gasteiger partial charge in [-0.2, -0.15) is 0 Å². The van der Waals surface area contributed by atoms with E-state index < -0.39 is 0 Å². The lowest BCUT2D eigenvalue weighted by atomic mass is 10.0. The lowest BCUT2D eigenvalue weighted by Crippen LogP contribution is -2.39. The largest absolute Gasteiger partial charge is 0.396 e. The maximum atomic E-state index is 11.9. The second-order valence-electron chi connectivity index (χ2n) is 5.51. The van der Waals surface area contributed by atoms with Crippen molar-refractivity contribution in [3.05, 3.63) is 34.3 Å². The van der Waals surface area contributed by atoms with Crippen LogP contribution in [0.5, 0.6) is 0 Å². The van der Waals surface area contributed by atoms with Gasteiger partial charge in [0.2, 0.25) is 5.91 Å². The fraction of sp³-hybridized carbons (Fsp3) is 0.562. The van der Waals surface area contributed by atoms with Crippen LogP contribution in [0.1, 0.15) is 37.8 Å². The van der Waals surface area contributed by atoms with Gasteiger partial charge in [0.05, 0.1) is 0 Å². The lowest BCUT2D eigenvalue weighted by Gasteiger charge is -2.21. The molecule has 0 fully saturated rings. The van der Waals surface area contributed by atoms with E-state index in [0.29, 0.717) is 25.2 Å². The van der Waals surface area contributed by atoms with Crippen molar-refractivity contribution in [2.75, 3.05) is 6.61 Å². The maximum absolute atomic E-state index is 11.9. The molecule has 1 atom stereocenters. The zero-order chi connectivity index (χ0) is 15.1. The number of amides is 1. The number of benzene rings is 1. The molecule has 20 heavy (non-hydrogen) atoms. The van der Waals surface area contributed by atoms with Gasteiger partial charge in [0.25, 0.3) is 0 Å². The van der Waals surface area contributed by atoms with E-state index in [4.69, 9.17) is 16.7 Å². The molecule has 0 aliphatic carbocycles. The Hall–Kier alpha value is -1.06. The minimum atomic E-state index is 0.0221. The van der Waals surface area contributed by atoms with Gasteiger partial charge in [-0.25, -0.2) is 0 Å². The molecule has 4 heteroatoms. The Morgan fingerprint density at radius 1 is 1.40 bits per heavy atom. The number of rotatable bonds is 7. The van der Waals surface area contributed by atoms with Crippen LogP contribution in [-0.2, 0) is 11.2 Å². The quantitative estimate of drug-likeness (QED) is 0.812. The van der Waals surface area contributed by atoms with Gasteiger partial charge in [0, 0.05) is 24.1 Å². The van der Waals surface area contributed by atoms with Gasteiger partial charge in [-0.1, -0.05) is 37.6 Å². The van der Waals surface area contributed by atoms with Crippen molar-refractivity contribution in [1.29, 1.82) is 0 Å². The Morgan fingerprint density at radius 3 is 2.65 bits per heavy atom. The van der Waals surface area contributed by atoms with E-state index in [9.17, 15) is 4.79 Å². The number of carbonyl (C=O) groups excluding carboxylic acids is 1. The Bertz CT molecular complexity index is 446. The average Bonchev–Trinajstić information content (AvgIpc) is 2.39. The summed E-state index contributed by atoms with van der Waals surface area (Å²) in [5.74, 6) is 0.341. The molecule has 1 aromatic rings. The van der Waals surface area contributed by atoms with Crippen molar-refractivity contribution in [2.45, 2.75) is 46.1 Å². The molecule has 0 heterocycles. The number of aliphatic hydroxyl groups excluding tert-OH is 1. The molecule has 3 nitrogen and oxygen atoms in total. The highest BCUT2D eigenvalue weighted by atomic mass is 35.5. The van der Waals surface area contributed by atoms with E-state index in [-0.39, 0.29) is 18.6 Å². The molecular formula is C16H24ClNO2. The van der Waals surface area contributed by atoms with Gasteiger partial charge < -0.3 is 10.4 Å². The van der Waals surface area contributed by atoms with E-state index in [1.54, 1.807) is 0 Å². The van der Waals surface area contributed by atoms with E-state index in [0.717, 1.165) is 16.1 Å². The molecule has 0 bridgehead atoms. The highest BCUT2D eigenvalue weighted by Crippen LogP contribution is 2.17. The average molecular weight is 298 g/mol. The highest BCUT2D eigenvalue weighted by Gasteiger charge is 2.15. The summed E-state index contributed by atoms with van der Waals surface area (Å²) in [6.07, 6.45) is 1.71. The van der Waals surface area contributed by atoms with Crippen molar-refractivity contribution in [3.8, 4) is 0 Å². The normalized spacial score (nSPS) is 12.5. The van der Waals surface area contributed by atoms with Crippen LogP contribution in [0.2, 0.25) is 5.02 Å². The van der Waals surface area contributed by atoms with Crippen LogP contribution >= 0.6 is 11.6 Å². The fourth-order valence-electron chi connectivity index (χ4n) is 2.04. The Morgan fingerprint density at radius 2 is 2.10 bits per heavy atom. The Labute approximate surface area is 126 Å². The van der Waals surface area contributed by atoms with E-state index in [2.05, 4.69) is 5.32 Å². The first-order valence-corrected chi connectivity index (χ1v) is 7.47. The summed E-state index contributed by atoms with van der Waals surface area (Å²) in [5.41, 5.74) is 2.11. The zero-order valence-corrected chi connectivity index (χ0v) is 13.2. The van der Waals surface area contributed by atoms with Crippen LogP contribution < -0.4 is 5.32 Å². The number of aliphatic hydroxyl groups is 1. The number of halogens is 1. The molecule has 1 rings (SSSR count). The first-order chi connectivity index (χ1) is 9.43. The minimum Gasteiger partial charge on any atom is -0.396 e. The molecule has 2 N–H and O–H groups in total. The first kappa shape index (κ1) is 17.0. The summed E-state index contributed by atoms with van der Waals surface area (Å²) in [6.45, 7) is 6.14. The van der Waals surface area contributed by atoms with E-state index in [1.807, 2.05) is 39.0 Å². The topological polar surface area (TPSA) is 49.3 Å². The van der Waals surface area contributed by atoms with Crippen molar-refractivity contribution in [3.63, 3.8) is 0 Å². The Kier molecular flexibility index (Phi) is 7.03. The van der Waals surface area contributed by atoms with Crippen molar-refractivity contribution in [2.24, 2.45) is 5.92 Å². The third-order valence-corrected chi connectivity index (χ3v) is 3.88. The monoisotopic (exact) mass is 297 g/mol. The van der Waals surface area contributed by atoms with Gasteiger partial charge in [0.15, 0.2) is 0 Å². The van der Waals surface area contributed by atoms with Crippen LogP contribution in [0.15, 0.2) is 18.2 Å². The highest BCUT2D eigenvalue weighted by molar-refractivity contribution is 6.31. The number of nitrogens with one attached hydrogen (secondary N) is 1. The summed E-state index contributed by atoms with van der Waals surface area (Å²) in [7, 11) is 0. The van der Waals surface area contributed by atoms with Crippen molar-refractivity contribution < 1.29 is 9.90 Å². The third kappa shape index (κ3) is 5.51.